The van der Waals surface area contributed by atoms with Gasteiger partial charge in [-0.1, -0.05) is 6.92 Å². The molecule has 4 N–H and O–H groups in total. The average Bonchev–Trinajstić information content (AvgIpc) is 2.19. The Kier molecular flexibility index (Phi) is 10.8. The molecule has 4 heteroatoms. The van der Waals surface area contributed by atoms with Gasteiger partial charge in [-0.2, -0.15) is 0 Å². The first-order valence-corrected chi connectivity index (χ1v) is 5.37. The van der Waals surface area contributed by atoms with Crippen LogP contribution in [0.5, 0.6) is 0 Å². The summed E-state index contributed by atoms with van der Waals surface area (Å²) < 4.78 is 10.8. The lowest BCUT2D eigenvalue weighted by atomic mass is 10.2. The van der Waals surface area contributed by atoms with Gasteiger partial charge in [0.1, 0.15) is 0 Å². The van der Waals surface area contributed by atoms with E-state index >= 15 is 0 Å². The summed E-state index contributed by atoms with van der Waals surface area (Å²) in [6.45, 7) is 6.52. The fourth-order valence-electron chi connectivity index (χ4n) is 0.988. The maximum Gasteiger partial charge on any atom is 0.0513 e. The maximum absolute atomic E-state index is 5.41. The average molecular weight is 204 g/mol. The highest BCUT2D eigenvalue weighted by molar-refractivity contribution is 4.49. The molecule has 0 aromatic heterocycles. The first-order valence-electron chi connectivity index (χ1n) is 5.37. The van der Waals surface area contributed by atoms with Crippen LogP contribution in [0.25, 0.3) is 0 Å². The molecule has 0 aliphatic rings. The zero-order valence-electron chi connectivity index (χ0n) is 9.21. The molecular weight excluding hydrogens is 180 g/mol. The van der Waals surface area contributed by atoms with Gasteiger partial charge in [-0.25, -0.2) is 0 Å². The molecule has 0 aliphatic carbocycles. The van der Waals surface area contributed by atoms with Crippen molar-refractivity contribution in [3.05, 3.63) is 0 Å². The quantitative estimate of drug-likeness (QED) is 0.504. The predicted octanol–water partition coefficient (Wildman–Crippen LogP) is 0.353. The number of hydrogen-bond acceptors (Lipinski definition) is 4. The normalized spacial score (nSPS) is 11.1. The lowest BCUT2D eigenvalue weighted by molar-refractivity contribution is 0.0454. The van der Waals surface area contributed by atoms with Crippen molar-refractivity contribution in [1.29, 1.82) is 0 Å². The van der Waals surface area contributed by atoms with Crippen molar-refractivity contribution < 1.29 is 9.47 Å². The molecule has 14 heavy (non-hydrogen) atoms. The lowest BCUT2D eigenvalue weighted by Crippen LogP contribution is -2.15. The topological polar surface area (TPSA) is 70.5 Å². The number of ether oxygens (including phenoxy) is 2. The van der Waals surface area contributed by atoms with Gasteiger partial charge in [-0.15, -0.1) is 0 Å². The fraction of sp³-hybridized carbons (Fsp3) is 1.00. The molecule has 0 amide bonds. The van der Waals surface area contributed by atoms with Crippen molar-refractivity contribution in [3.63, 3.8) is 0 Å². The van der Waals surface area contributed by atoms with E-state index in [2.05, 4.69) is 6.92 Å². The summed E-state index contributed by atoms with van der Waals surface area (Å²) in [6.07, 6.45) is 1.86. The Labute approximate surface area is 86.9 Å². The Morgan fingerprint density at radius 1 is 0.929 bits per heavy atom. The second kappa shape index (κ2) is 10.9. The van der Waals surface area contributed by atoms with E-state index in [1.165, 1.54) is 0 Å². The second-order valence-electron chi connectivity index (χ2n) is 3.54. The molecule has 0 bridgehead atoms. The van der Waals surface area contributed by atoms with Crippen molar-refractivity contribution in [2.75, 3.05) is 39.5 Å². The summed E-state index contributed by atoms with van der Waals surface area (Å²) in [5, 5.41) is 0. The highest BCUT2D eigenvalue weighted by atomic mass is 16.5. The molecule has 0 fully saturated rings. The molecule has 86 valence electrons. The molecule has 0 radical (unpaired) electrons. The lowest BCUT2D eigenvalue weighted by Gasteiger charge is -2.12. The number of nitrogens with two attached hydrogens (primary N) is 2. The van der Waals surface area contributed by atoms with E-state index in [4.69, 9.17) is 20.9 Å². The summed E-state index contributed by atoms with van der Waals surface area (Å²) in [4.78, 5) is 0. The highest BCUT2D eigenvalue weighted by Crippen LogP contribution is 1.97. The van der Waals surface area contributed by atoms with Crippen LogP contribution in [0, 0.1) is 5.92 Å². The van der Waals surface area contributed by atoms with Gasteiger partial charge in [0.15, 0.2) is 0 Å². The van der Waals surface area contributed by atoms with Gasteiger partial charge in [0.05, 0.1) is 13.2 Å². The van der Waals surface area contributed by atoms with E-state index in [1.54, 1.807) is 0 Å². The Balaban J connectivity index is 3.07. The summed E-state index contributed by atoms with van der Waals surface area (Å²) in [7, 11) is 0. The van der Waals surface area contributed by atoms with Gasteiger partial charge >= 0.3 is 0 Å². The summed E-state index contributed by atoms with van der Waals surface area (Å²) in [6, 6.07) is 0. The van der Waals surface area contributed by atoms with Gasteiger partial charge in [-0.3, -0.25) is 0 Å². The Morgan fingerprint density at radius 3 is 1.71 bits per heavy atom. The standard InChI is InChI=1S/C10H24N2O2/c1-10(8-13-6-2-4-11)9-14-7-3-5-12/h10H,2-9,11-12H2,1H3. The van der Waals surface area contributed by atoms with Crippen LogP contribution in [-0.4, -0.2) is 39.5 Å². The molecule has 0 saturated heterocycles. The van der Waals surface area contributed by atoms with E-state index in [-0.39, 0.29) is 0 Å². The molecular formula is C10H24N2O2. The second-order valence-corrected chi connectivity index (χ2v) is 3.54. The van der Waals surface area contributed by atoms with E-state index in [9.17, 15) is 0 Å². The zero-order valence-corrected chi connectivity index (χ0v) is 9.21. The van der Waals surface area contributed by atoms with E-state index in [1.807, 2.05) is 0 Å². The molecule has 0 atom stereocenters. The van der Waals surface area contributed by atoms with Crippen LogP contribution in [-0.2, 0) is 9.47 Å². The maximum atomic E-state index is 5.41. The van der Waals surface area contributed by atoms with Crippen LogP contribution in [0.4, 0.5) is 0 Å². The van der Waals surface area contributed by atoms with Crippen molar-refractivity contribution in [3.8, 4) is 0 Å². The van der Waals surface area contributed by atoms with Crippen LogP contribution in [0.2, 0.25) is 0 Å². The van der Waals surface area contributed by atoms with Gasteiger partial charge in [0, 0.05) is 19.1 Å². The highest BCUT2D eigenvalue weighted by Gasteiger charge is 2.01. The third kappa shape index (κ3) is 9.92. The SMILES string of the molecule is CC(COCCCN)COCCCN. The minimum Gasteiger partial charge on any atom is -0.381 e. The van der Waals surface area contributed by atoms with Gasteiger partial charge in [0.2, 0.25) is 0 Å². The minimum atomic E-state index is 0.450. The molecule has 0 rings (SSSR count). The molecule has 0 aromatic rings. The van der Waals surface area contributed by atoms with E-state index in [0.717, 1.165) is 39.3 Å². The van der Waals surface area contributed by atoms with Crippen molar-refractivity contribution in [1.82, 2.24) is 0 Å². The minimum absolute atomic E-state index is 0.450. The summed E-state index contributed by atoms with van der Waals surface area (Å²) in [5.41, 5.74) is 10.7. The van der Waals surface area contributed by atoms with E-state index in [0.29, 0.717) is 19.0 Å². The molecule has 0 saturated carbocycles. The predicted molar refractivity (Wildman–Crippen MR) is 58.1 cm³/mol. The monoisotopic (exact) mass is 204 g/mol. The molecule has 0 spiro atoms. The Bertz CT molecular complexity index is 100. The van der Waals surface area contributed by atoms with Crippen molar-refractivity contribution in [2.45, 2.75) is 19.8 Å². The third-order valence-electron chi connectivity index (χ3n) is 1.79. The zero-order chi connectivity index (χ0) is 10.6. The summed E-state index contributed by atoms with van der Waals surface area (Å²) in [5.74, 6) is 0.450. The number of rotatable bonds is 10. The molecule has 0 heterocycles. The first kappa shape index (κ1) is 13.8. The van der Waals surface area contributed by atoms with Crippen LogP contribution in [0.1, 0.15) is 19.8 Å². The Morgan fingerprint density at radius 2 is 1.36 bits per heavy atom. The fourth-order valence-corrected chi connectivity index (χ4v) is 0.988. The first-order chi connectivity index (χ1) is 6.81. The van der Waals surface area contributed by atoms with Crippen molar-refractivity contribution in [2.24, 2.45) is 17.4 Å². The largest absolute Gasteiger partial charge is 0.381 e. The van der Waals surface area contributed by atoms with Gasteiger partial charge in [0.25, 0.3) is 0 Å². The van der Waals surface area contributed by atoms with Crippen LogP contribution in [0.15, 0.2) is 0 Å². The van der Waals surface area contributed by atoms with Crippen LogP contribution < -0.4 is 11.5 Å². The van der Waals surface area contributed by atoms with Crippen LogP contribution in [0.3, 0.4) is 0 Å². The van der Waals surface area contributed by atoms with Crippen molar-refractivity contribution >= 4 is 0 Å². The molecule has 0 unspecified atom stereocenters. The third-order valence-corrected chi connectivity index (χ3v) is 1.79. The van der Waals surface area contributed by atoms with Crippen LogP contribution >= 0.6 is 0 Å². The van der Waals surface area contributed by atoms with Gasteiger partial charge < -0.3 is 20.9 Å². The Hall–Kier alpha value is -0.160. The molecule has 0 aliphatic heterocycles. The number of hydrogen-bond donors (Lipinski definition) is 2. The summed E-state index contributed by atoms with van der Waals surface area (Å²) >= 11 is 0. The molecule has 0 aromatic carbocycles. The smallest absolute Gasteiger partial charge is 0.0513 e. The molecule has 4 nitrogen and oxygen atoms in total. The van der Waals surface area contributed by atoms with E-state index < -0.39 is 0 Å². The van der Waals surface area contributed by atoms with Gasteiger partial charge in [-0.05, 0) is 25.9 Å².